The van der Waals surface area contributed by atoms with Crippen molar-refractivity contribution < 1.29 is 13.9 Å². The first-order chi connectivity index (χ1) is 14.4. The van der Waals surface area contributed by atoms with Crippen molar-refractivity contribution in [2.24, 2.45) is 4.99 Å². The zero-order valence-corrected chi connectivity index (χ0v) is 20.2. The topological polar surface area (TPSA) is 45.1 Å². The van der Waals surface area contributed by atoms with Gasteiger partial charge in [0, 0.05) is 24.2 Å². The van der Waals surface area contributed by atoms with Crippen LogP contribution in [-0.2, 0) is 11.3 Å². The van der Waals surface area contributed by atoms with Gasteiger partial charge in [-0.2, -0.15) is 0 Å². The van der Waals surface area contributed by atoms with E-state index in [9.17, 15) is 9.18 Å². The van der Waals surface area contributed by atoms with Crippen LogP contribution >= 0.6 is 23.2 Å². The van der Waals surface area contributed by atoms with E-state index in [-0.39, 0.29) is 17.1 Å². The molecule has 168 valence electrons. The maximum absolute atomic E-state index is 14.5. The molecule has 2 aromatic carbocycles. The Morgan fingerprint density at radius 2 is 1.90 bits per heavy atom. The van der Waals surface area contributed by atoms with E-state index in [2.05, 4.69) is 4.99 Å². The van der Waals surface area contributed by atoms with Crippen molar-refractivity contribution in [2.45, 2.75) is 46.8 Å². The lowest BCUT2D eigenvalue weighted by Crippen LogP contribution is -2.37. The van der Waals surface area contributed by atoms with Gasteiger partial charge in [0.2, 0.25) is 0 Å². The first kappa shape index (κ1) is 25.0. The van der Waals surface area contributed by atoms with E-state index in [0.717, 1.165) is 12.1 Å². The molecule has 0 bridgehead atoms. The van der Waals surface area contributed by atoms with Gasteiger partial charge in [0.15, 0.2) is 0 Å². The van der Waals surface area contributed by atoms with Crippen molar-refractivity contribution in [3.8, 4) is 0 Å². The van der Waals surface area contributed by atoms with Gasteiger partial charge in [0.25, 0.3) is 0 Å². The van der Waals surface area contributed by atoms with Gasteiger partial charge in [-0.05, 0) is 64.4 Å². The van der Waals surface area contributed by atoms with E-state index in [1.165, 1.54) is 17.0 Å². The van der Waals surface area contributed by atoms with Crippen LogP contribution in [-0.4, -0.2) is 36.5 Å². The number of aryl methyl sites for hydroxylation is 1. The molecule has 2 rings (SSSR count). The lowest BCUT2D eigenvalue weighted by Gasteiger charge is -2.29. The average molecular weight is 468 g/mol. The van der Waals surface area contributed by atoms with Crippen LogP contribution in [0, 0.1) is 12.7 Å². The maximum Gasteiger partial charge on any atom is 0.415 e. The second-order valence-electron chi connectivity index (χ2n) is 8.17. The number of amides is 1. The highest BCUT2D eigenvalue weighted by molar-refractivity contribution is 6.33. The highest BCUT2D eigenvalue weighted by Crippen LogP contribution is 2.35. The molecule has 5 nitrogen and oxygen atoms in total. The maximum atomic E-state index is 14.5. The van der Waals surface area contributed by atoms with Gasteiger partial charge in [0.05, 0.1) is 29.3 Å². The monoisotopic (exact) mass is 467 g/mol. The van der Waals surface area contributed by atoms with Crippen molar-refractivity contribution >= 4 is 47.0 Å². The van der Waals surface area contributed by atoms with Gasteiger partial charge in [-0.1, -0.05) is 29.3 Å². The van der Waals surface area contributed by atoms with Crippen LogP contribution in [0.1, 0.15) is 38.8 Å². The Bertz CT molecular complexity index is 954. The largest absolute Gasteiger partial charge is 0.443 e. The van der Waals surface area contributed by atoms with Gasteiger partial charge in [0.1, 0.15) is 11.4 Å². The number of carbonyl (C=O) groups excluding carboxylic acids is 1. The standard InChI is InChI=1S/C23H28Cl2FN3O2/c1-7-28(6)14-27-20-11-15(2)21(12-18(20)25)29(22(30)31-23(3,4)5)13-16-17(24)9-8-10-19(16)26/h8-12,14H,7,13H2,1-6H3. The number of aliphatic imine (C=N–C) groups is 1. The summed E-state index contributed by atoms with van der Waals surface area (Å²) >= 11 is 12.7. The number of anilines is 1. The summed E-state index contributed by atoms with van der Waals surface area (Å²) in [6.45, 7) is 9.82. The number of hydrogen-bond donors (Lipinski definition) is 0. The summed E-state index contributed by atoms with van der Waals surface area (Å²) in [6, 6.07) is 7.80. The SMILES string of the molecule is CCN(C)C=Nc1cc(C)c(N(Cc2c(F)cccc2Cl)C(=O)OC(C)(C)C)cc1Cl. The molecule has 0 heterocycles. The molecule has 0 atom stereocenters. The summed E-state index contributed by atoms with van der Waals surface area (Å²) in [5, 5.41) is 0.579. The van der Waals surface area contributed by atoms with Gasteiger partial charge < -0.3 is 9.64 Å². The van der Waals surface area contributed by atoms with Gasteiger partial charge in [-0.25, -0.2) is 14.2 Å². The van der Waals surface area contributed by atoms with Crippen LogP contribution in [0.2, 0.25) is 10.0 Å². The third-order valence-corrected chi connectivity index (χ3v) is 5.10. The summed E-state index contributed by atoms with van der Waals surface area (Å²) in [5.41, 5.74) is 1.24. The summed E-state index contributed by atoms with van der Waals surface area (Å²) in [5.74, 6) is -0.506. The minimum atomic E-state index is -0.735. The first-order valence-corrected chi connectivity index (χ1v) is 10.7. The number of ether oxygens (including phenoxy) is 1. The minimum Gasteiger partial charge on any atom is -0.443 e. The predicted molar refractivity (Wildman–Crippen MR) is 126 cm³/mol. The molecule has 0 aliphatic heterocycles. The van der Waals surface area contributed by atoms with Crippen LogP contribution in [0.5, 0.6) is 0 Å². The molecule has 0 fully saturated rings. The predicted octanol–water partition coefficient (Wildman–Crippen LogP) is 6.99. The number of nitrogens with zero attached hydrogens (tertiary/aromatic N) is 3. The fourth-order valence-corrected chi connectivity index (χ4v) is 3.12. The molecule has 0 radical (unpaired) electrons. The van der Waals surface area contributed by atoms with Crippen molar-refractivity contribution in [3.05, 3.63) is 57.3 Å². The van der Waals surface area contributed by atoms with Crippen LogP contribution < -0.4 is 4.90 Å². The summed E-state index contributed by atoms with van der Waals surface area (Å²) < 4.78 is 20.0. The minimum absolute atomic E-state index is 0.112. The van der Waals surface area contributed by atoms with Crippen LogP contribution in [0.25, 0.3) is 0 Å². The number of rotatable bonds is 6. The third kappa shape index (κ3) is 6.84. The smallest absolute Gasteiger partial charge is 0.415 e. The average Bonchev–Trinajstić information content (AvgIpc) is 2.66. The normalized spacial score (nSPS) is 11.6. The Balaban J connectivity index is 2.52. The zero-order valence-electron chi connectivity index (χ0n) is 18.7. The van der Waals surface area contributed by atoms with E-state index >= 15 is 0 Å². The summed E-state index contributed by atoms with van der Waals surface area (Å²) in [7, 11) is 1.90. The van der Waals surface area contributed by atoms with E-state index < -0.39 is 17.5 Å². The lowest BCUT2D eigenvalue weighted by atomic mass is 10.1. The Labute approximate surface area is 193 Å². The molecule has 0 saturated heterocycles. The number of hydrogen-bond acceptors (Lipinski definition) is 3. The molecule has 0 aliphatic rings. The van der Waals surface area contributed by atoms with E-state index in [4.69, 9.17) is 27.9 Å². The Morgan fingerprint density at radius 1 is 1.23 bits per heavy atom. The fourth-order valence-electron chi connectivity index (χ4n) is 2.69. The van der Waals surface area contributed by atoms with Gasteiger partial charge in [-0.15, -0.1) is 0 Å². The Morgan fingerprint density at radius 3 is 2.48 bits per heavy atom. The molecule has 0 N–H and O–H groups in total. The Hall–Kier alpha value is -2.31. The summed E-state index contributed by atoms with van der Waals surface area (Å²) in [4.78, 5) is 20.7. The molecule has 0 aromatic heterocycles. The van der Waals surface area contributed by atoms with Crippen LogP contribution in [0.3, 0.4) is 0 Å². The lowest BCUT2D eigenvalue weighted by molar-refractivity contribution is 0.0577. The van der Waals surface area contributed by atoms with Gasteiger partial charge >= 0.3 is 6.09 Å². The molecule has 0 unspecified atom stereocenters. The quantitative estimate of drug-likeness (QED) is 0.339. The van der Waals surface area contributed by atoms with Crippen LogP contribution in [0.4, 0.5) is 20.6 Å². The zero-order chi connectivity index (χ0) is 23.3. The number of benzene rings is 2. The molecule has 1 amide bonds. The Kier molecular flexibility index (Phi) is 8.32. The second-order valence-corrected chi connectivity index (χ2v) is 8.99. The van der Waals surface area contributed by atoms with E-state index in [0.29, 0.717) is 16.4 Å². The number of halogens is 3. The molecular weight excluding hydrogens is 440 g/mol. The molecule has 31 heavy (non-hydrogen) atoms. The molecule has 0 saturated carbocycles. The van der Waals surface area contributed by atoms with E-state index in [1.807, 2.05) is 25.8 Å². The van der Waals surface area contributed by atoms with Crippen molar-refractivity contribution in [3.63, 3.8) is 0 Å². The highest BCUT2D eigenvalue weighted by atomic mass is 35.5. The molecule has 0 spiro atoms. The number of carbonyl (C=O) groups is 1. The first-order valence-electron chi connectivity index (χ1n) is 9.91. The second kappa shape index (κ2) is 10.3. The van der Waals surface area contributed by atoms with Crippen molar-refractivity contribution in [1.29, 1.82) is 0 Å². The van der Waals surface area contributed by atoms with Crippen molar-refractivity contribution in [1.82, 2.24) is 4.90 Å². The molecular formula is C23H28Cl2FN3O2. The van der Waals surface area contributed by atoms with E-state index in [1.54, 1.807) is 45.3 Å². The molecule has 0 aliphatic carbocycles. The van der Waals surface area contributed by atoms with Gasteiger partial charge in [-0.3, -0.25) is 4.90 Å². The fraction of sp³-hybridized carbons (Fsp3) is 0.391. The molecule has 8 heteroatoms. The highest BCUT2D eigenvalue weighted by Gasteiger charge is 2.27. The summed E-state index contributed by atoms with van der Waals surface area (Å²) in [6.07, 6.45) is 1.05. The third-order valence-electron chi connectivity index (χ3n) is 4.44. The van der Waals surface area contributed by atoms with Crippen LogP contribution in [0.15, 0.2) is 35.3 Å². The van der Waals surface area contributed by atoms with Crippen molar-refractivity contribution in [2.75, 3.05) is 18.5 Å². The molecule has 2 aromatic rings.